The molecular weight excluding hydrogens is 805 g/mol. The highest BCUT2D eigenvalue weighted by atomic mass is 16.6. The van der Waals surface area contributed by atoms with Crippen LogP contribution in [0.25, 0.3) is 0 Å². The molecular formula is C59H100O6. The zero-order valence-corrected chi connectivity index (χ0v) is 42.5. The molecule has 0 heterocycles. The molecule has 1 unspecified atom stereocenters. The molecule has 6 nitrogen and oxygen atoms in total. The lowest BCUT2D eigenvalue weighted by molar-refractivity contribution is -0.167. The molecule has 0 amide bonds. The average Bonchev–Trinajstić information content (AvgIpc) is 3.30. The Morgan fingerprint density at radius 1 is 0.308 bits per heavy atom. The smallest absolute Gasteiger partial charge is 0.306 e. The maximum atomic E-state index is 12.8. The van der Waals surface area contributed by atoms with Crippen LogP contribution < -0.4 is 0 Å². The standard InChI is InChI=1S/C59H100O6/c1-4-7-10-13-16-19-22-25-27-29-31-34-37-40-43-46-49-52-58(61)64-55-56(54-63-57(60)51-48-45-42-39-36-33-24-21-18-15-12-9-6-3)65-59(62)53-50-47-44-41-38-35-32-30-28-26-23-20-17-14-11-8-5-2/h16-17,19-20,25-28,31,33-34,36,40,43,56H,4-15,18,21-24,29-30,32,35,37-39,41-42,44-55H2,1-3H3/b19-16-,20-17-,27-25-,28-26-,34-31-,36-33-,43-40-. The Morgan fingerprint density at radius 2 is 0.569 bits per heavy atom. The van der Waals surface area contributed by atoms with E-state index in [0.717, 1.165) is 89.9 Å². The van der Waals surface area contributed by atoms with Crippen molar-refractivity contribution in [2.45, 2.75) is 258 Å². The quantitative estimate of drug-likeness (QED) is 0.0262. The van der Waals surface area contributed by atoms with E-state index >= 15 is 0 Å². The second kappa shape index (κ2) is 53.2. The minimum Gasteiger partial charge on any atom is -0.462 e. The van der Waals surface area contributed by atoms with Gasteiger partial charge in [0.1, 0.15) is 13.2 Å². The third-order valence-corrected chi connectivity index (χ3v) is 11.3. The Kier molecular flexibility index (Phi) is 50.4. The first-order valence-corrected chi connectivity index (χ1v) is 27.1. The molecule has 0 aromatic carbocycles. The number of carbonyl (C=O) groups is 3. The molecule has 1 atom stereocenters. The molecule has 0 fully saturated rings. The highest BCUT2D eigenvalue weighted by Gasteiger charge is 2.19. The summed E-state index contributed by atoms with van der Waals surface area (Å²) in [4.78, 5) is 38.0. The summed E-state index contributed by atoms with van der Waals surface area (Å²) in [6, 6.07) is 0. The lowest BCUT2D eigenvalue weighted by Gasteiger charge is -2.18. The predicted octanol–water partition coefficient (Wildman–Crippen LogP) is 18.0. The lowest BCUT2D eigenvalue weighted by Crippen LogP contribution is -2.30. The summed E-state index contributed by atoms with van der Waals surface area (Å²) in [6.07, 6.45) is 68.5. The monoisotopic (exact) mass is 905 g/mol. The molecule has 6 heteroatoms. The zero-order chi connectivity index (χ0) is 47.2. The third kappa shape index (κ3) is 51.4. The van der Waals surface area contributed by atoms with E-state index in [4.69, 9.17) is 14.2 Å². The predicted molar refractivity (Wildman–Crippen MR) is 279 cm³/mol. The molecule has 0 rings (SSSR count). The Labute approximate surface area is 401 Å². The molecule has 0 bridgehead atoms. The van der Waals surface area contributed by atoms with Crippen molar-refractivity contribution in [3.63, 3.8) is 0 Å². The number of unbranched alkanes of at least 4 members (excludes halogenated alkanes) is 23. The van der Waals surface area contributed by atoms with E-state index in [2.05, 4.69) is 106 Å². The maximum absolute atomic E-state index is 12.8. The first kappa shape index (κ1) is 61.6. The van der Waals surface area contributed by atoms with Crippen molar-refractivity contribution in [2.24, 2.45) is 0 Å². The minimum absolute atomic E-state index is 0.105. The molecule has 0 saturated carbocycles. The van der Waals surface area contributed by atoms with E-state index in [9.17, 15) is 14.4 Å². The highest BCUT2D eigenvalue weighted by Crippen LogP contribution is 2.13. The fourth-order valence-corrected chi connectivity index (χ4v) is 7.22. The largest absolute Gasteiger partial charge is 0.462 e. The van der Waals surface area contributed by atoms with Crippen molar-refractivity contribution >= 4 is 17.9 Å². The van der Waals surface area contributed by atoms with E-state index in [1.165, 1.54) is 116 Å². The molecule has 372 valence electrons. The summed E-state index contributed by atoms with van der Waals surface area (Å²) in [5.41, 5.74) is 0. The summed E-state index contributed by atoms with van der Waals surface area (Å²) in [5.74, 6) is -0.984. The normalized spacial score (nSPS) is 12.7. The summed E-state index contributed by atoms with van der Waals surface area (Å²) in [6.45, 7) is 6.51. The Morgan fingerprint density at radius 3 is 0.985 bits per heavy atom. The first-order valence-electron chi connectivity index (χ1n) is 27.1. The number of ether oxygens (including phenoxy) is 3. The maximum Gasteiger partial charge on any atom is 0.306 e. The average molecular weight is 905 g/mol. The minimum atomic E-state index is -0.809. The Hall–Kier alpha value is -3.41. The Bertz CT molecular complexity index is 1270. The summed E-state index contributed by atoms with van der Waals surface area (Å²) in [5, 5.41) is 0. The van der Waals surface area contributed by atoms with Crippen molar-refractivity contribution in [3.8, 4) is 0 Å². The zero-order valence-electron chi connectivity index (χ0n) is 42.5. The molecule has 0 aromatic heterocycles. The van der Waals surface area contributed by atoms with Crippen LogP contribution in [0.1, 0.15) is 252 Å². The van der Waals surface area contributed by atoms with Gasteiger partial charge in [-0.05, 0) is 116 Å². The van der Waals surface area contributed by atoms with Crippen LogP contribution in [0.15, 0.2) is 85.1 Å². The van der Waals surface area contributed by atoms with Crippen LogP contribution in [0.4, 0.5) is 0 Å². The van der Waals surface area contributed by atoms with Crippen molar-refractivity contribution in [1.82, 2.24) is 0 Å². The van der Waals surface area contributed by atoms with Gasteiger partial charge in [-0.2, -0.15) is 0 Å². The van der Waals surface area contributed by atoms with E-state index < -0.39 is 6.10 Å². The molecule has 0 spiro atoms. The van der Waals surface area contributed by atoms with E-state index in [0.29, 0.717) is 19.3 Å². The van der Waals surface area contributed by atoms with Crippen LogP contribution >= 0.6 is 0 Å². The lowest BCUT2D eigenvalue weighted by atomic mass is 10.1. The van der Waals surface area contributed by atoms with Gasteiger partial charge in [0, 0.05) is 19.3 Å². The highest BCUT2D eigenvalue weighted by molar-refractivity contribution is 5.71. The van der Waals surface area contributed by atoms with Crippen LogP contribution in [-0.4, -0.2) is 37.2 Å². The topological polar surface area (TPSA) is 78.9 Å². The van der Waals surface area contributed by atoms with Gasteiger partial charge >= 0.3 is 17.9 Å². The van der Waals surface area contributed by atoms with Gasteiger partial charge < -0.3 is 14.2 Å². The van der Waals surface area contributed by atoms with Crippen molar-refractivity contribution in [2.75, 3.05) is 13.2 Å². The van der Waals surface area contributed by atoms with Gasteiger partial charge in [-0.1, -0.05) is 202 Å². The molecule has 0 aliphatic rings. The van der Waals surface area contributed by atoms with Gasteiger partial charge in [-0.3, -0.25) is 14.4 Å². The molecule has 0 aromatic rings. The van der Waals surface area contributed by atoms with E-state index in [1.54, 1.807) is 0 Å². The number of carbonyl (C=O) groups excluding carboxylic acids is 3. The van der Waals surface area contributed by atoms with Crippen molar-refractivity contribution < 1.29 is 28.6 Å². The molecule has 0 radical (unpaired) electrons. The van der Waals surface area contributed by atoms with Crippen LogP contribution in [0, 0.1) is 0 Å². The molecule has 0 saturated heterocycles. The number of hydrogen-bond acceptors (Lipinski definition) is 6. The number of hydrogen-bond donors (Lipinski definition) is 0. The van der Waals surface area contributed by atoms with Crippen LogP contribution in [0.3, 0.4) is 0 Å². The van der Waals surface area contributed by atoms with Gasteiger partial charge in [-0.15, -0.1) is 0 Å². The van der Waals surface area contributed by atoms with Crippen molar-refractivity contribution in [1.29, 1.82) is 0 Å². The van der Waals surface area contributed by atoms with Crippen molar-refractivity contribution in [3.05, 3.63) is 85.1 Å². The fourth-order valence-electron chi connectivity index (χ4n) is 7.22. The van der Waals surface area contributed by atoms with Gasteiger partial charge in [0.25, 0.3) is 0 Å². The molecule has 0 N–H and O–H groups in total. The van der Waals surface area contributed by atoms with Crippen LogP contribution in [0.5, 0.6) is 0 Å². The van der Waals surface area contributed by atoms with Crippen LogP contribution in [0.2, 0.25) is 0 Å². The third-order valence-electron chi connectivity index (χ3n) is 11.3. The molecule has 65 heavy (non-hydrogen) atoms. The Balaban J connectivity index is 4.50. The van der Waals surface area contributed by atoms with Gasteiger partial charge in [0.2, 0.25) is 0 Å². The number of allylic oxidation sites excluding steroid dienone is 14. The van der Waals surface area contributed by atoms with Gasteiger partial charge in [0.15, 0.2) is 6.10 Å². The summed E-state index contributed by atoms with van der Waals surface area (Å²) in [7, 11) is 0. The first-order chi connectivity index (χ1) is 32.0. The SMILES string of the molecule is CCCCC/C=C\C/C=C\C/C=C\C/C=C\CCCC(=O)OCC(COC(=O)CCCCC/C=C\CCCCCCCC)OC(=O)CCCCCCCCC/C=C\C/C=C\CCCCC. The molecule has 0 aliphatic heterocycles. The summed E-state index contributed by atoms with van der Waals surface area (Å²) < 4.78 is 16.8. The second-order valence-corrected chi connectivity index (χ2v) is 17.8. The van der Waals surface area contributed by atoms with E-state index in [1.807, 2.05) is 0 Å². The van der Waals surface area contributed by atoms with Gasteiger partial charge in [-0.25, -0.2) is 0 Å². The van der Waals surface area contributed by atoms with Crippen LogP contribution in [-0.2, 0) is 28.6 Å². The summed E-state index contributed by atoms with van der Waals surface area (Å²) >= 11 is 0. The van der Waals surface area contributed by atoms with Gasteiger partial charge in [0.05, 0.1) is 0 Å². The fraction of sp³-hybridized carbons (Fsp3) is 0.712. The van der Waals surface area contributed by atoms with E-state index in [-0.39, 0.29) is 37.5 Å². The molecule has 0 aliphatic carbocycles. The number of esters is 3. The second-order valence-electron chi connectivity index (χ2n) is 17.8. The number of rotatable bonds is 48.